The predicted molar refractivity (Wildman–Crippen MR) is 61.8 cm³/mol. The lowest BCUT2D eigenvalue weighted by Crippen LogP contribution is -2.17. The van der Waals surface area contributed by atoms with Gasteiger partial charge in [0.2, 0.25) is 5.12 Å². The number of hydrogen-bond acceptors (Lipinski definition) is 3. The molecule has 0 heterocycles. The number of thioether (sulfide) groups is 1. The molecule has 80 valence electrons. The molecule has 0 saturated heterocycles. The summed E-state index contributed by atoms with van der Waals surface area (Å²) in [7, 11) is 0. The fourth-order valence-corrected chi connectivity index (χ4v) is 1.96. The van der Waals surface area contributed by atoms with Crippen LogP contribution in [0.15, 0.2) is 35.2 Å². The summed E-state index contributed by atoms with van der Waals surface area (Å²) in [4.78, 5) is 23.9. The SMILES string of the molecule is CCC(=O)C(C)C(=O)Sc1ccccc1. The first-order valence-electron chi connectivity index (χ1n) is 4.94. The van der Waals surface area contributed by atoms with E-state index in [-0.39, 0.29) is 10.9 Å². The highest BCUT2D eigenvalue weighted by Crippen LogP contribution is 2.22. The Bertz CT molecular complexity index is 346. The number of rotatable bonds is 4. The molecule has 1 atom stereocenters. The zero-order valence-electron chi connectivity index (χ0n) is 8.90. The van der Waals surface area contributed by atoms with Gasteiger partial charge in [0.25, 0.3) is 0 Å². The van der Waals surface area contributed by atoms with E-state index in [9.17, 15) is 9.59 Å². The molecule has 0 spiro atoms. The van der Waals surface area contributed by atoms with Gasteiger partial charge in [-0.1, -0.05) is 36.9 Å². The lowest BCUT2D eigenvalue weighted by molar-refractivity contribution is -0.127. The molecule has 0 aromatic heterocycles. The van der Waals surface area contributed by atoms with Crippen molar-refractivity contribution < 1.29 is 9.59 Å². The van der Waals surface area contributed by atoms with Crippen LogP contribution in [0.5, 0.6) is 0 Å². The van der Waals surface area contributed by atoms with Gasteiger partial charge in [-0.2, -0.15) is 0 Å². The summed E-state index contributed by atoms with van der Waals surface area (Å²) in [5.41, 5.74) is 0. The van der Waals surface area contributed by atoms with Gasteiger partial charge in [0.15, 0.2) is 0 Å². The Balaban J connectivity index is 2.60. The number of Topliss-reactive ketones (excluding diaryl/α,β-unsaturated/α-hetero) is 1. The monoisotopic (exact) mass is 222 g/mol. The van der Waals surface area contributed by atoms with Crippen molar-refractivity contribution in [2.45, 2.75) is 25.2 Å². The molecular formula is C12H14O2S. The summed E-state index contributed by atoms with van der Waals surface area (Å²) in [5, 5.41) is -0.0759. The van der Waals surface area contributed by atoms with Crippen LogP contribution in [0.3, 0.4) is 0 Å². The highest BCUT2D eigenvalue weighted by molar-refractivity contribution is 8.13. The van der Waals surface area contributed by atoms with E-state index in [1.54, 1.807) is 13.8 Å². The van der Waals surface area contributed by atoms with Crippen molar-refractivity contribution >= 4 is 22.7 Å². The third-order valence-corrected chi connectivity index (χ3v) is 3.21. The van der Waals surface area contributed by atoms with Crippen molar-refractivity contribution in [3.05, 3.63) is 30.3 Å². The van der Waals surface area contributed by atoms with E-state index in [1.165, 1.54) is 0 Å². The molecule has 15 heavy (non-hydrogen) atoms. The van der Waals surface area contributed by atoms with E-state index in [4.69, 9.17) is 0 Å². The molecule has 0 aliphatic rings. The van der Waals surface area contributed by atoms with Crippen LogP contribution in [0, 0.1) is 5.92 Å². The third kappa shape index (κ3) is 3.51. The maximum Gasteiger partial charge on any atom is 0.203 e. The van der Waals surface area contributed by atoms with Crippen molar-refractivity contribution in [1.82, 2.24) is 0 Å². The zero-order chi connectivity index (χ0) is 11.3. The number of benzene rings is 1. The Kier molecular flexibility index (Phi) is 4.56. The summed E-state index contributed by atoms with van der Waals surface area (Å²) in [6.45, 7) is 3.45. The molecule has 1 aromatic rings. The first-order valence-corrected chi connectivity index (χ1v) is 5.76. The van der Waals surface area contributed by atoms with Crippen LogP contribution in [0.4, 0.5) is 0 Å². The summed E-state index contributed by atoms with van der Waals surface area (Å²) in [6.07, 6.45) is 0.419. The minimum absolute atomic E-state index is 0.00318. The molecule has 0 saturated carbocycles. The molecule has 1 rings (SSSR count). The van der Waals surface area contributed by atoms with E-state index >= 15 is 0 Å². The van der Waals surface area contributed by atoms with Gasteiger partial charge in [-0.15, -0.1) is 0 Å². The topological polar surface area (TPSA) is 34.1 Å². The largest absolute Gasteiger partial charge is 0.299 e. The van der Waals surface area contributed by atoms with E-state index < -0.39 is 5.92 Å². The van der Waals surface area contributed by atoms with E-state index in [0.717, 1.165) is 16.7 Å². The van der Waals surface area contributed by atoms with Crippen LogP contribution in [-0.2, 0) is 9.59 Å². The van der Waals surface area contributed by atoms with Gasteiger partial charge in [-0.25, -0.2) is 0 Å². The second-order valence-electron chi connectivity index (χ2n) is 3.28. The Morgan fingerprint density at radius 1 is 1.27 bits per heavy atom. The lowest BCUT2D eigenvalue weighted by Gasteiger charge is -2.06. The quantitative estimate of drug-likeness (QED) is 0.580. The van der Waals surface area contributed by atoms with Crippen molar-refractivity contribution in [2.24, 2.45) is 5.92 Å². The van der Waals surface area contributed by atoms with Crippen molar-refractivity contribution in [2.75, 3.05) is 0 Å². The molecule has 3 heteroatoms. The van der Waals surface area contributed by atoms with Crippen LogP contribution in [0.25, 0.3) is 0 Å². The average Bonchev–Trinajstić information content (AvgIpc) is 2.28. The molecule has 0 fully saturated rings. The molecule has 2 nitrogen and oxygen atoms in total. The Morgan fingerprint density at radius 2 is 1.87 bits per heavy atom. The molecule has 0 bridgehead atoms. The minimum Gasteiger partial charge on any atom is -0.299 e. The summed E-state index contributed by atoms with van der Waals surface area (Å²) < 4.78 is 0. The average molecular weight is 222 g/mol. The molecular weight excluding hydrogens is 208 g/mol. The number of carbonyl (C=O) groups is 2. The van der Waals surface area contributed by atoms with Gasteiger partial charge in [0, 0.05) is 11.3 Å². The summed E-state index contributed by atoms with van der Waals surface area (Å²) in [6, 6.07) is 9.39. The first-order chi connectivity index (χ1) is 7.15. The third-order valence-electron chi connectivity index (χ3n) is 2.15. The normalized spacial score (nSPS) is 12.1. The van der Waals surface area contributed by atoms with Crippen molar-refractivity contribution in [3.63, 3.8) is 0 Å². The smallest absolute Gasteiger partial charge is 0.203 e. The molecule has 0 N–H and O–H groups in total. The standard InChI is InChI=1S/C12H14O2S/c1-3-11(13)9(2)12(14)15-10-7-5-4-6-8-10/h4-9H,3H2,1-2H3. The number of carbonyl (C=O) groups excluding carboxylic acids is 2. The van der Waals surface area contributed by atoms with Gasteiger partial charge < -0.3 is 0 Å². The van der Waals surface area contributed by atoms with Crippen LogP contribution >= 0.6 is 11.8 Å². The molecule has 0 amide bonds. The van der Waals surface area contributed by atoms with Crippen LogP contribution < -0.4 is 0 Å². The van der Waals surface area contributed by atoms with Crippen molar-refractivity contribution in [1.29, 1.82) is 0 Å². The van der Waals surface area contributed by atoms with E-state index in [0.29, 0.717) is 6.42 Å². The fourth-order valence-electron chi connectivity index (χ4n) is 1.13. The van der Waals surface area contributed by atoms with Gasteiger partial charge in [0.05, 0.1) is 5.92 Å². The summed E-state index contributed by atoms with van der Waals surface area (Å²) >= 11 is 1.14. The van der Waals surface area contributed by atoms with Crippen LogP contribution in [0.1, 0.15) is 20.3 Å². The molecule has 0 aliphatic heterocycles. The minimum atomic E-state index is -0.500. The zero-order valence-corrected chi connectivity index (χ0v) is 9.71. The predicted octanol–water partition coefficient (Wildman–Crippen LogP) is 2.92. The highest BCUT2D eigenvalue weighted by Gasteiger charge is 2.20. The maximum absolute atomic E-state index is 11.7. The molecule has 1 aromatic carbocycles. The summed E-state index contributed by atoms with van der Waals surface area (Å²) in [5.74, 6) is -0.497. The molecule has 0 radical (unpaired) electrons. The van der Waals surface area contributed by atoms with Crippen LogP contribution in [0.2, 0.25) is 0 Å². The first kappa shape index (κ1) is 12.0. The maximum atomic E-state index is 11.7. The van der Waals surface area contributed by atoms with Gasteiger partial charge in [0.1, 0.15) is 5.78 Å². The molecule has 0 aliphatic carbocycles. The van der Waals surface area contributed by atoms with Crippen molar-refractivity contribution in [3.8, 4) is 0 Å². The van der Waals surface area contributed by atoms with Crippen LogP contribution in [-0.4, -0.2) is 10.9 Å². The second kappa shape index (κ2) is 5.71. The highest BCUT2D eigenvalue weighted by atomic mass is 32.2. The lowest BCUT2D eigenvalue weighted by atomic mass is 10.1. The second-order valence-corrected chi connectivity index (χ2v) is 4.35. The Morgan fingerprint density at radius 3 is 2.40 bits per heavy atom. The fraction of sp³-hybridized carbons (Fsp3) is 0.333. The number of hydrogen-bond donors (Lipinski definition) is 0. The van der Waals surface area contributed by atoms with Gasteiger partial charge in [-0.05, 0) is 19.1 Å². The Hall–Kier alpha value is -1.09. The van der Waals surface area contributed by atoms with Gasteiger partial charge >= 0.3 is 0 Å². The van der Waals surface area contributed by atoms with E-state index in [1.807, 2.05) is 30.3 Å². The van der Waals surface area contributed by atoms with Gasteiger partial charge in [-0.3, -0.25) is 9.59 Å². The Labute approximate surface area is 94.1 Å². The number of ketones is 1. The van der Waals surface area contributed by atoms with E-state index in [2.05, 4.69) is 0 Å². The molecule has 1 unspecified atom stereocenters.